The molecule has 1 saturated heterocycles. The first kappa shape index (κ1) is 20.0. The van der Waals surface area contributed by atoms with Crippen LogP contribution in [0.5, 0.6) is 0 Å². The van der Waals surface area contributed by atoms with Gasteiger partial charge in [0, 0.05) is 25.7 Å². The number of aromatic nitrogens is 2. The summed E-state index contributed by atoms with van der Waals surface area (Å²) in [6, 6.07) is 10.5. The lowest BCUT2D eigenvalue weighted by Crippen LogP contribution is -2.32. The van der Waals surface area contributed by atoms with Crippen LogP contribution >= 0.6 is 0 Å². The average molecular weight is 392 g/mol. The van der Waals surface area contributed by atoms with E-state index in [-0.39, 0.29) is 5.16 Å². The average Bonchev–Trinajstić information content (AvgIpc) is 3.31. The van der Waals surface area contributed by atoms with Gasteiger partial charge in [-0.15, -0.1) is 0 Å². The molecule has 0 amide bonds. The van der Waals surface area contributed by atoms with Crippen molar-refractivity contribution in [1.29, 1.82) is 0 Å². The third-order valence-electron chi connectivity index (χ3n) is 5.18. The lowest BCUT2D eigenvalue weighted by molar-refractivity contribution is 0.155. The fraction of sp³-hybridized carbons (Fsp3) is 0.550. The summed E-state index contributed by atoms with van der Waals surface area (Å²) in [5, 5.41) is -0.316. The number of ether oxygens (including phenoxy) is 1. The Morgan fingerprint density at radius 1 is 1.30 bits per heavy atom. The van der Waals surface area contributed by atoms with Gasteiger partial charge in [-0.2, -0.15) is 0 Å². The first-order valence-electron chi connectivity index (χ1n) is 9.50. The van der Waals surface area contributed by atoms with Gasteiger partial charge >= 0.3 is 0 Å². The van der Waals surface area contributed by atoms with Gasteiger partial charge in [-0.25, -0.2) is 13.4 Å². The van der Waals surface area contributed by atoms with Crippen LogP contribution in [0.1, 0.15) is 31.5 Å². The minimum atomic E-state index is -3.44. The van der Waals surface area contributed by atoms with Crippen LogP contribution in [-0.2, 0) is 34.1 Å². The number of rotatable bonds is 8. The minimum absolute atomic E-state index is 0.180. The number of imidazole rings is 1. The number of benzene rings is 1. The Kier molecular flexibility index (Phi) is 6.34. The fourth-order valence-corrected chi connectivity index (χ4v) is 4.47. The molecule has 148 valence electrons. The largest absolute Gasteiger partial charge is 0.380 e. The highest BCUT2D eigenvalue weighted by molar-refractivity contribution is 7.91. The van der Waals surface area contributed by atoms with Crippen LogP contribution < -0.4 is 0 Å². The van der Waals surface area contributed by atoms with E-state index in [0.717, 1.165) is 31.7 Å². The Morgan fingerprint density at radius 2 is 2.04 bits per heavy atom. The second kappa shape index (κ2) is 8.54. The van der Waals surface area contributed by atoms with Gasteiger partial charge in [0.15, 0.2) is 0 Å². The zero-order valence-electron chi connectivity index (χ0n) is 16.3. The van der Waals surface area contributed by atoms with E-state index in [1.165, 1.54) is 5.56 Å². The van der Waals surface area contributed by atoms with Gasteiger partial charge in [-0.3, -0.25) is 4.90 Å². The van der Waals surface area contributed by atoms with Crippen LogP contribution in [0.2, 0.25) is 0 Å². The summed E-state index contributed by atoms with van der Waals surface area (Å²) in [7, 11) is -1.38. The summed E-state index contributed by atoms with van der Waals surface area (Å²) in [5.74, 6) is 0. The molecule has 2 heterocycles. The maximum atomic E-state index is 12.8. The zero-order chi connectivity index (χ0) is 19.4. The fourth-order valence-electron chi connectivity index (χ4n) is 3.34. The van der Waals surface area contributed by atoms with Crippen molar-refractivity contribution in [3.05, 3.63) is 47.8 Å². The van der Waals surface area contributed by atoms with Gasteiger partial charge in [-0.05, 0) is 39.3 Å². The molecular formula is C20H29N3O3S. The highest BCUT2D eigenvalue weighted by atomic mass is 32.2. The van der Waals surface area contributed by atoms with Gasteiger partial charge in [0.1, 0.15) is 0 Å². The van der Waals surface area contributed by atoms with Crippen LogP contribution in [0.25, 0.3) is 0 Å². The molecule has 6 nitrogen and oxygen atoms in total. The molecular weight excluding hydrogens is 362 g/mol. The second-order valence-electron chi connectivity index (χ2n) is 7.45. The minimum Gasteiger partial charge on any atom is -0.380 e. The van der Waals surface area contributed by atoms with E-state index in [4.69, 9.17) is 4.74 Å². The Morgan fingerprint density at radius 3 is 2.67 bits per heavy atom. The van der Waals surface area contributed by atoms with E-state index >= 15 is 0 Å². The zero-order valence-corrected chi connectivity index (χ0v) is 17.2. The normalized spacial score (nSPS) is 17.9. The van der Waals surface area contributed by atoms with E-state index in [1.807, 2.05) is 22.8 Å². The molecule has 0 N–H and O–H groups in total. The van der Waals surface area contributed by atoms with Gasteiger partial charge in [0.25, 0.3) is 0 Å². The van der Waals surface area contributed by atoms with Crippen LogP contribution in [0.15, 0.2) is 41.7 Å². The molecule has 0 aliphatic carbocycles. The molecule has 1 aliphatic rings. The summed E-state index contributed by atoms with van der Waals surface area (Å²) in [6.45, 7) is 6.17. The standard InChI is InChI=1S/C20H29N3O3S/c1-16(2)27(24,25)20-21-13-19(14-22(3)18-10-12-26-15-18)23(20)11-9-17-7-5-4-6-8-17/h4-8,13,16,18H,9-12,14-15H2,1-3H3/t18-/m1/s1. The molecule has 3 rings (SSSR count). The number of sulfone groups is 1. The number of likely N-dealkylation sites (N-methyl/N-ethyl adjacent to an activating group) is 1. The smallest absolute Gasteiger partial charge is 0.228 e. The molecule has 1 aromatic heterocycles. The van der Waals surface area contributed by atoms with E-state index in [9.17, 15) is 8.42 Å². The van der Waals surface area contributed by atoms with Crippen LogP contribution in [-0.4, -0.2) is 54.4 Å². The molecule has 27 heavy (non-hydrogen) atoms. The summed E-state index contributed by atoms with van der Waals surface area (Å²) in [6.07, 6.45) is 3.49. The summed E-state index contributed by atoms with van der Waals surface area (Å²) >= 11 is 0. The lowest BCUT2D eigenvalue weighted by atomic mass is 10.1. The molecule has 0 saturated carbocycles. The number of nitrogens with zero attached hydrogens (tertiary/aromatic N) is 3. The lowest BCUT2D eigenvalue weighted by Gasteiger charge is -2.23. The highest BCUT2D eigenvalue weighted by Crippen LogP contribution is 2.20. The third-order valence-corrected chi connectivity index (χ3v) is 7.26. The molecule has 1 fully saturated rings. The molecule has 1 aliphatic heterocycles. The van der Waals surface area contributed by atoms with Crippen molar-refractivity contribution < 1.29 is 13.2 Å². The number of aryl methyl sites for hydroxylation is 1. The van der Waals surface area contributed by atoms with E-state index in [0.29, 0.717) is 19.1 Å². The van der Waals surface area contributed by atoms with Crippen molar-refractivity contribution in [2.75, 3.05) is 20.3 Å². The van der Waals surface area contributed by atoms with Gasteiger partial charge < -0.3 is 9.30 Å². The summed E-state index contributed by atoms with van der Waals surface area (Å²) in [4.78, 5) is 6.55. The van der Waals surface area contributed by atoms with E-state index in [1.54, 1.807) is 20.0 Å². The molecule has 0 radical (unpaired) electrons. The molecule has 0 unspecified atom stereocenters. The van der Waals surface area contributed by atoms with Crippen LogP contribution in [0, 0.1) is 0 Å². The molecule has 2 aromatic rings. The van der Waals surface area contributed by atoms with Gasteiger partial charge in [-0.1, -0.05) is 30.3 Å². The quantitative estimate of drug-likeness (QED) is 0.692. The topological polar surface area (TPSA) is 64.4 Å². The van der Waals surface area contributed by atoms with Crippen molar-refractivity contribution >= 4 is 9.84 Å². The van der Waals surface area contributed by atoms with Crippen molar-refractivity contribution in [2.24, 2.45) is 0 Å². The first-order valence-corrected chi connectivity index (χ1v) is 11.0. The molecule has 0 spiro atoms. The summed E-state index contributed by atoms with van der Waals surface area (Å²) in [5.41, 5.74) is 2.11. The Hall–Kier alpha value is -1.70. The van der Waals surface area contributed by atoms with Gasteiger partial charge in [0.2, 0.25) is 15.0 Å². The highest BCUT2D eigenvalue weighted by Gasteiger charge is 2.28. The number of hydrogen-bond donors (Lipinski definition) is 0. The van der Waals surface area contributed by atoms with E-state index in [2.05, 4.69) is 29.1 Å². The predicted octanol–water partition coefficient (Wildman–Crippen LogP) is 2.53. The first-order chi connectivity index (χ1) is 12.9. The number of hydrogen-bond acceptors (Lipinski definition) is 5. The van der Waals surface area contributed by atoms with Crippen molar-refractivity contribution in [2.45, 2.75) is 56.2 Å². The molecule has 1 atom stereocenters. The SMILES string of the molecule is CC(C)S(=O)(=O)c1ncc(CN(C)[C@@H]2CCOC2)n1CCc1ccccc1. The van der Waals surface area contributed by atoms with Gasteiger partial charge in [0.05, 0.1) is 23.7 Å². The molecule has 0 bridgehead atoms. The van der Waals surface area contributed by atoms with Crippen LogP contribution in [0.4, 0.5) is 0 Å². The second-order valence-corrected chi connectivity index (χ2v) is 9.84. The van der Waals surface area contributed by atoms with Crippen LogP contribution in [0.3, 0.4) is 0 Å². The Bertz CT molecular complexity index is 841. The monoisotopic (exact) mass is 391 g/mol. The van der Waals surface area contributed by atoms with Crippen molar-refractivity contribution in [3.63, 3.8) is 0 Å². The summed E-state index contributed by atoms with van der Waals surface area (Å²) < 4.78 is 33.0. The predicted molar refractivity (Wildman–Crippen MR) is 105 cm³/mol. The Labute approximate surface area is 162 Å². The molecule has 7 heteroatoms. The third kappa shape index (κ3) is 4.59. The maximum absolute atomic E-state index is 12.8. The maximum Gasteiger partial charge on any atom is 0.228 e. The van der Waals surface area contributed by atoms with E-state index < -0.39 is 15.1 Å². The van der Waals surface area contributed by atoms with Crippen molar-refractivity contribution in [1.82, 2.24) is 14.5 Å². The van der Waals surface area contributed by atoms with Crippen molar-refractivity contribution in [3.8, 4) is 0 Å². The molecule has 1 aromatic carbocycles. The Balaban J connectivity index is 1.86.